The monoisotopic (exact) mass is 340 g/mol. The molecule has 2 aliphatic heterocycles. The second kappa shape index (κ2) is 8.05. The maximum absolute atomic E-state index is 5.94. The molecule has 4 heteroatoms. The van der Waals surface area contributed by atoms with Crippen molar-refractivity contribution in [2.75, 3.05) is 19.8 Å². The maximum Gasteiger partial charge on any atom is 0.137 e. The molecule has 1 aliphatic carbocycles. The van der Waals surface area contributed by atoms with Gasteiger partial charge in [0, 0.05) is 12.2 Å². The summed E-state index contributed by atoms with van der Waals surface area (Å²) in [4.78, 5) is 4.38. The minimum absolute atomic E-state index is 0.496. The van der Waals surface area contributed by atoms with Gasteiger partial charge >= 0.3 is 0 Å². The molecule has 1 saturated heterocycles. The first-order valence-electron chi connectivity index (χ1n) is 9.68. The molecule has 4 nitrogen and oxygen atoms in total. The molecule has 1 aromatic rings. The first kappa shape index (κ1) is 16.6. The van der Waals surface area contributed by atoms with Crippen molar-refractivity contribution >= 4 is 0 Å². The number of nitrogens with one attached hydrogen (secondary N) is 1. The van der Waals surface area contributed by atoms with Gasteiger partial charge in [0.15, 0.2) is 0 Å². The van der Waals surface area contributed by atoms with Gasteiger partial charge in [-0.1, -0.05) is 0 Å². The maximum atomic E-state index is 5.94. The fourth-order valence-electron chi connectivity index (χ4n) is 4.24. The molecule has 3 heterocycles. The summed E-state index contributed by atoms with van der Waals surface area (Å²) in [6.07, 6.45) is 16.3. The van der Waals surface area contributed by atoms with Crippen LogP contribution in [0.5, 0.6) is 5.75 Å². The Kier molecular flexibility index (Phi) is 5.36. The predicted octanol–water partition coefficient (Wildman–Crippen LogP) is 3.79. The minimum atomic E-state index is 0.496. The van der Waals surface area contributed by atoms with Gasteiger partial charge in [0.05, 0.1) is 12.5 Å². The van der Waals surface area contributed by atoms with Gasteiger partial charge in [-0.3, -0.25) is 4.98 Å². The molecule has 1 N–H and O–H groups in total. The van der Waals surface area contributed by atoms with E-state index in [-0.39, 0.29) is 0 Å². The third kappa shape index (κ3) is 4.24. The third-order valence-electron chi connectivity index (χ3n) is 5.67. The van der Waals surface area contributed by atoms with Crippen molar-refractivity contribution in [3.05, 3.63) is 47.5 Å². The van der Waals surface area contributed by atoms with Crippen LogP contribution < -0.4 is 10.1 Å². The average Bonchev–Trinajstić information content (AvgIpc) is 3.19. The summed E-state index contributed by atoms with van der Waals surface area (Å²) < 4.78 is 11.5. The summed E-state index contributed by atoms with van der Waals surface area (Å²) >= 11 is 0. The minimum Gasteiger partial charge on any atom is -0.497 e. The zero-order chi connectivity index (χ0) is 16.9. The van der Waals surface area contributed by atoms with E-state index in [1.54, 1.807) is 0 Å². The van der Waals surface area contributed by atoms with Crippen molar-refractivity contribution < 1.29 is 9.47 Å². The molecule has 1 fully saturated rings. The molecule has 0 bridgehead atoms. The van der Waals surface area contributed by atoms with Crippen LogP contribution in [0, 0.1) is 5.92 Å². The SMILES string of the molecule is C1=CC2=C(CO1)C(CCc1cncc(OCC3CCCN3)c1)CCC2. The molecule has 25 heavy (non-hydrogen) atoms. The largest absolute Gasteiger partial charge is 0.497 e. The smallest absolute Gasteiger partial charge is 0.137 e. The van der Waals surface area contributed by atoms with Gasteiger partial charge in [0.1, 0.15) is 19.0 Å². The lowest BCUT2D eigenvalue weighted by Crippen LogP contribution is -2.28. The highest BCUT2D eigenvalue weighted by atomic mass is 16.5. The fourth-order valence-corrected chi connectivity index (χ4v) is 4.24. The Bertz CT molecular complexity index is 647. The molecule has 2 unspecified atom stereocenters. The number of hydrogen-bond acceptors (Lipinski definition) is 4. The van der Waals surface area contributed by atoms with E-state index in [1.807, 2.05) is 18.7 Å². The van der Waals surface area contributed by atoms with Crippen LogP contribution in [-0.4, -0.2) is 30.8 Å². The molecule has 1 aromatic heterocycles. The Hall–Kier alpha value is -1.81. The first-order chi connectivity index (χ1) is 12.4. The summed E-state index contributed by atoms with van der Waals surface area (Å²) in [6.45, 7) is 2.64. The van der Waals surface area contributed by atoms with Crippen LogP contribution in [0.25, 0.3) is 0 Å². The van der Waals surface area contributed by atoms with E-state index < -0.39 is 0 Å². The van der Waals surface area contributed by atoms with E-state index >= 15 is 0 Å². The first-order valence-corrected chi connectivity index (χ1v) is 9.68. The summed E-state index contributed by atoms with van der Waals surface area (Å²) in [7, 11) is 0. The standard InChI is InChI=1S/C21H28N2O2/c1-3-17(21-15-24-10-8-18(21)4-1)7-6-16-11-20(13-22-12-16)25-14-19-5-2-9-23-19/h8,10-13,17,19,23H,1-7,9,14-15H2. The zero-order valence-corrected chi connectivity index (χ0v) is 14.9. The van der Waals surface area contributed by atoms with Crippen LogP contribution in [-0.2, 0) is 11.2 Å². The van der Waals surface area contributed by atoms with E-state index in [4.69, 9.17) is 9.47 Å². The number of nitrogens with zero attached hydrogens (tertiary/aromatic N) is 1. The Labute approximate surface area is 150 Å². The number of aromatic nitrogens is 1. The molecule has 0 amide bonds. The van der Waals surface area contributed by atoms with Crippen LogP contribution in [0.4, 0.5) is 0 Å². The van der Waals surface area contributed by atoms with Crippen LogP contribution >= 0.6 is 0 Å². The van der Waals surface area contributed by atoms with Crippen molar-refractivity contribution in [2.45, 2.75) is 51.0 Å². The van der Waals surface area contributed by atoms with Crippen molar-refractivity contribution in [3.63, 3.8) is 0 Å². The van der Waals surface area contributed by atoms with Crippen LogP contribution in [0.3, 0.4) is 0 Å². The van der Waals surface area contributed by atoms with E-state index in [2.05, 4.69) is 22.4 Å². The molecule has 3 aliphatic rings. The molecule has 4 rings (SSSR count). The third-order valence-corrected chi connectivity index (χ3v) is 5.67. The number of pyridine rings is 1. The van der Waals surface area contributed by atoms with Crippen LogP contribution in [0.15, 0.2) is 41.9 Å². The number of aryl methyl sites for hydroxylation is 1. The van der Waals surface area contributed by atoms with Crippen LogP contribution in [0.1, 0.15) is 44.1 Å². The number of ether oxygens (including phenoxy) is 2. The number of rotatable bonds is 6. The summed E-state index contributed by atoms with van der Waals surface area (Å²) in [5, 5.41) is 3.47. The van der Waals surface area contributed by atoms with E-state index in [0.29, 0.717) is 12.0 Å². The number of hydrogen-bond donors (Lipinski definition) is 1. The molecule has 2 atom stereocenters. The summed E-state index contributed by atoms with van der Waals surface area (Å²) in [6, 6.07) is 2.66. The predicted molar refractivity (Wildman–Crippen MR) is 98.5 cm³/mol. The highest BCUT2D eigenvalue weighted by molar-refractivity contribution is 5.32. The van der Waals surface area contributed by atoms with Gasteiger partial charge in [0.25, 0.3) is 0 Å². The van der Waals surface area contributed by atoms with Crippen LogP contribution in [0.2, 0.25) is 0 Å². The van der Waals surface area contributed by atoms with Crippen molar-refractivity contribution in [2.24, 2.45) is 5.92 Å². The summed E-state index contributed by atoms with van der Waals surface area (Å²) in [5.41, 5.74) is 4.32. The van der Waals surface area contributed by atoms with Gasteiger partial charge < -0.3 is 14.8 Å². The number of allylic oxidation sites excluding steroid dienone is 2. The quantitative estimate of drug-likeness (QED) is 0.856. The van der Waals surface area contributed by atoms with E-state index in [9.17, 15) is 0 Å². The van der Waals surface area contributed by atoms with Gasteiger partial charge in [-0.2, -0.15) is 0 Å². The molecule has 0 spiro atoms. The lowest BCUT2D eigenvalue weighted by molar-refractivity contribution is 0.249. The van der Waals surface area contributed by atoms with Crippen molar-refractivity contribution in [1.82, 2.24) is 10.3 Å². The zero-order valence-electron chi connectivity index (χ0n) is 14.9. The molecule has 0 radical (unpaired) electrons. The Morgan fingerprint density at radius 1 is 1.24 bits per heavy atom. The van der Waals surface area contributed by atoms with Gasteiger partial charge in [-0.05, 0) is 86.3 Å². The average molecular weight is 340 g/mol. The molecule has 0 aromatic carbocycles. The lowest BCUT2D eigenvalue weighted by atomic mass is 9.79. The van der Waals surface area contributed by atoms with E-state index in [0.717, 1.165) is 31.9 Å². The highest BCUT2D eigenvalue weighted by Gasteiger charge is 2.23. The molecular weight excluding hydrogens is 312 g/mol. The van der Waals surface area contributed by atoms with Gasteiger partial charge in [-0.25, -0.2) is 0 Å². The fraction of sp³-hybridized carbons (Fsp3) is 0.571. The van der Waals surface area contributed by atoms with Crippen molar-refractivity contribution in [1.29, 1.82) is 0 Å². The topological polar surface area (TPSA) is 43.4 Å². The van der Waals surface area contributed by atoms with Gasteiger partial charge in [-0.15, -0.1) is 0 Å². The molecule has 0 saturated carbocycles. The van der Waals surface area contributed by atoms with Gasteiger partial charge in [0.2, 0.25) is 0 Å². The normalized spacial score (nSPS) is 25.6. The Morgan fingerprint density at radius 3 is 3.16 bits per heavy atom. The second-order valence-corrected chi connectivity index (χ2v) is 7.43. The Morgan fingerprint density at radius 2 is 2.24 bits per heavy atom. The summed E-state index contributed by atoms with van der Waals surface area (Å²) in [5.74, 6) is 1.56. The Balaban J connectivity index is 1.33. The van der Waals surface area contributed by atoms with Crippen molar-refractivity contribution in [3.8, 4) is 5.75 Å². The molecular formula is C21H28N2O2. The van der Waals surface area contributed by atoms with E-state index in [1.165, 1.54) is 55.2 Å². The second-order valence-electron chi connectivity index (χ2n) is 7.43. The lowest BCUT2D eigenvalue weighted by Gasteiger charge is -2.29. The molecule has 134 valence electrons. The highest BCUT2D eigenvalue weighted by Crippen LogP contribution is 2.35.